The van der Waals surface area contributed by atoms with E-state index < -0.39 is 40.1 Å². The van der Waals surface area contributed by atoms with E-state index in [2.05, 4.69) is 30.8 Å². The fourth-order valence-electron chi connectivity index (χ4n) is 5.52. The quantitative estimate of drug-likeness (QED) is 0.298. The number of hydrogen-bond donors (Lipinski definition) is 5. The number of benzene rings is 1. The molecule has 0 radical (unpaired) electrons. The first-order valence-electron chi connectivity index (χ1n) is 13.4. The first-order valence-corrected chi connectivity index (χ1v) is 14.8. The van der Waals surface area contributed by atoms with Crippen LogP contribution in [0.25, 0.3) is 0 Å². The first-order chi connectivity index (χ1) is 18.5. The lowest BCUT2D eigenvalue weighted by atomic mass is 9.76. The average Bonchev–Trinajstić information content (AvgIpc) is 3.29. The Balaban J connectivity index is 1.27. The summed E-state index contributed by atoms with van der Waals surface area (Å²) in [7, 11) is -4.14. The fourth-order valence-corrected chi connectivity index (χ4v) is 7.17. The maximum absolute atomic E-state index is 13.0. The van der Waals surface area contributed by atoms with Gasteiger partial charge in [-0.05, 0) is 69.9 Å². The molecule has 214 valence electrons. The second kappa shape index (κ2) is 11.9. The maximum Gasteiger partial charge on any atom is 0.323 e. The van der Waals surface area contributed by atoms with Gasteiger partial charge in [-0.3, -0.25) is 14.6 Å². The van der Waals surface area contributed by atoms with E-state index in [1.165, 1.54) is 0 Å². The molecule has 1 amide bonds. The summed E-state index contributed by atoms with van der Waals surface area (Å²) in [6, 6.07) is 1.89. The molecule has 1 spiro atoms. The van der Waals surface area contributed by atoms with Crippen molar-refractivity contribution in [3.8, 4) is 0 Å². The molecule has 0 bridgehead atoms. The molecule has 1 saturated carbocycles. The normalized spacial score (nSPS) is 23.7. The van der Waals surface area contributed by atoms with Crippen LogP contribution >= 0.6 is 0 Å². The molecule has 39 heavy (non-hydrogen) atoms. The Morgan fingerprint density at radius 1 is 1.21 bits per heavy atom. The van der Waals surface area contributed by atoms with E-state index >= 15 is 0 Å². The number of sulfonamides is 1. The van der Waals surface area contributed by atoms with Crippen LogP contribution in [-0.2, 0) is 24.4 Å². The number of carboxylic acid groups (broad SMARTS) is 1. The van der Waals surface area contributed by atoms with Crippen molar-refractivity contribution in [3.63, 3.8) is 0 Å². The highest BCUT2D eigenvalue weighted by Gasteiger charge is 2.44. The van der Waals surface area contributed by atoms with Gasteiger partial charge < -0.3 is 25.9 Å². The summed E-state index contributed by atoms with van der Waals surface area (Å²) < 4.78 is 28.3. The Labute approximate surface area is 229 Å². The molecule has 5 N–H and O–H groups in total. The summed E-state index contributed by atoms with van der Waals surface area (Å²) in [6.07, 6.45) is 4.73. The van der Waals surface area contributed by atoms with Gasteiger partial charge in [0, 0.05) is 32.6 Å². The Bertz CT molecular complexity index is 1250. The van der Waals surface area contributed by atoms with Crippen LogP contribution in [0.3, 0.4) is 0 Å². The topological polar surface area (TPSA) is 171 Å². The van der Waals surface area contributed by atoms with Crippen LogP contribution in [0.4, 0.5) is 0 Å². The van der Waals surface area contributed by atoms with Crippen molar-refractivity contribution in [2.75, 3.05) is 26.2 Å². The Kier molecular flexibility index (Phi) is 8.80. The number of carbonyl (C=O) groups excluding carboxylic acids is 1. The highest BCUT2D eigenvalue weighted by Crippen LogP contribution is 2.40. The monoisotopic (exact) mass is 562 g/mol. The molecule has 3 aliphatic rings. The van der Waals surface area contributed by atoms with Crippen molar-refractivity contribution in [2.45, 2.75) is 75.8 Å². The van der Waals surface area contributed by atoms with Gasteiger partial charge in [0.05, 0.1) is 4.90 Å². The summed E-state index contributed by atoms with van der Waals surface area (Å²) in [5, 5.41) is 22.8. The number of aryl methyl sites for hydroxylation is 3. The predicted octanol–water partition coefficient (Wildman–Crippen LogP) is 1.10. The number of hydrogen-bond acceptors (Lipinski definition) is 9. The molecular formula is C26H38N6O6S. The number of guanidine groups is 1. The largest absolute Gasteiger partial charge is 0.480 e. The lowest BCUT2D eigenvalue weighted by Gasteiger charge is -2.35. The predicted molar refractivity (Wildman–Crippen MR) is 146 cm³/mol. The fraction of sp³-hybridized carbons (Fsp3) is 0.615. The van der Waals surface area contributed by atoms with Crippen LogP contribution in [0.2, 0.25) is 0 Å². The van der Waals surface area contributed by atoms with E-state index in [0.29, 0.717) is 23.5 Å². The number of carboxylic acids is 1. The summed E-state index contributed by atoms with van der Waals surface area (Å²) in [6.45, 7) is 7.33. The molecule has 0 aromatic heterocycles. The summed E-state index contributed by atoms with van der Waals surface area (Å²) in [5.41, 5.74) is 1.59. The molecule has 0 saturated heterocycles. The number of oxime groups is 1. The number of aliphatic imine (C=N–C) groups is 1. The van der Waals surface area contributed by atoms with Gasteiger partial charge in [-0.25, -0.2) is 8.42 Å². The zero-order chi connectivity index (χ0) is 28.2. The second-order valence-corrected chi connectivity index (χ2v) is 12.4. The molecule has 1 aromatic carbocycles. The van der Waals surface area contributed by atoms with E-state index in [-0.39, 0.29) is 10.6 Å². The molecule has 1 fully saturated rings. The Hall–Kier alpha value is -3.19. The Morgan fingerprint density at radius 3 is 2.51 bits per heavy atom. The maximum atomic E-state index is 13.0. The highest BCUT2D eigenvalue weighted by molar-refractivity contribution is 7.89. The van der Waals surface area contributed by atoms with Gasteiger partial charge in [0.25, 0.3) is 5.91 Å². The van der Waals surface area contributed by atoms with Crippen molar-refractivity contribution in [1.82, 2.24) is 20.7 Å². The third-order valence-corrected chi connectivity index (χ3v) is 9.28. The molecule has 0 unspecified atom stereocenters. The minimum atomic E-state index is -4.14. The van der Waals surface area contributed by atoms with E-state index in [1.807, 2.05) is 6.92 Å². The van der Waals surface area contributed by atoms with Crippen molar-refractivity contribution in [2.24, 2.45) is 16.1 Å². The molecule has 1 aliphatic carbocycles. The number of carbonyl (C=O) groups is 2. The molecule has 2 aliphatic heterocycles. The first kappa shape index (κ1) is 28.8. The lowest BCUT2D eigenvalue weighted by molar-refractivity contribution is -0.138. The molecule has 1 aromatic rings. The van der Waals surface area contributed by atoms with Gasteiger partial charge in [-0.1, -0.05) is 22.9 Å². The van der Waals surface area contributed by atoms with Crippen LogP contribution in [0.15, 0.2) is 27.2 Å². The molecule has 4 rings (SSSR count). The summed E-state index contributed by atoms with van der Waals surface area (Å²) in [4.78, 5) is 34.8. The zero-order valence-electron chi connectivity index (χ0n) is 22.7. The highest BCUT2D eigenvalue weighted by atomic mass is 32.2. The molecule has 2 heterocycles. The smallest absolute Gasteiger partial charge is 0.323 e. The minimum Gasteiger partial charge on any atom is -0.480 e. The SMILES string of the molecule is Cc1cc(C)c(S(=O)(=O)N[C@@H](CNC(=O)C2=NOC3(CCC(CNC4=NCCCN4)CC3)C2)C(=O)O)c(C)c1. The van der Waals surface area contributed by atoms with Crippen LogP contribution in [0.5, 0.6) is 0 Å². The van der Waals surface area contributed by atoms with Gasteiger partial charge in [0.15, 0.2) is 5.96 Å². The van der Waals surface area contributed by atoms with Crippen molar-refractivity contribution >= 4 is 33.6 Å². The van der Waals surface area contributed by atoms with Crippen LogP contribution < -0.4 is 20.7 Å². The third kappa shape index (κ3) is 7.07. The number of nitrogens with zero attached hydrogens (tertiary/aromatic N) is 2. The van der Waals surface area contributed by atoms with Gasteiger partial charge in [0.2, 0.25) is 10.0 Å². The van der Waals surface area contributed by atoms with Crippen molar-refractivity contribution < 1.29 is 28.0 Å². The van der Waals surface area contributed by atoms with E-state index in [0.717, 1.165) is 63.3 Å². The van der Waals surface area contributed by atoms with E-state index in [9.17, 15) is 23.1 Å². The van der Waals surface area contributed by atoms with Crippen LogP contribution in [-0.4, -0.2) is 74.9 Å². The summed E-state index contributed by atoms with van der Waals surface area (Å²) in [5.74, 6) is -0.644. The molecule has 1 atom stereocenters. The third-order valence-electron chi connectivity index (χ3n) is 7.51. The molecule has 12 nitrogen and oxygen atoms in total. The Morgan fingerprint density at radius 2 is 1.90 bits per heavy atom. The van der Waals surface area contributed by atoms with E-state index in [4.69, 9.17) is 4.84 Å². The number of aliphatic carboxylic acids is 1. The lowest BCUT2D eigenvalue weighted by Crippen LogP contribution is -2.49. The second-order valence-electron chi connectivity index (χ2n) is 10.8. The van der Waals surface area contributed by atoms with Gasteiger partial charge in [0.1, 0.15) is 17.4 Å². The zero-order valence-corrected chi connectivity index (χ0v) is 23.5. The van der Waals surface area contributed by atoms with Crippen molar-refractivity contribution in [1.29, 1.82) is 0 Å². The minimum absolute atomic E-state index is 0.0370. The summed E-state index contributed by atoms with van der Waals surface area (Å²) >= 11 is 0. The number of rotatable bonds is 9. The molecular weight excluding hydrogens is 524 g/mol. The average molecular weight is 563 g/mol. The van der Waals surface area contributed by atoms with Gasteiger partial charge in [-0.2, -0.15) is 4.72 Å². The molecule has 13 heteroatoms. The van der Waals surface area contributed by atoms with Gasteiger partial charge in [-0.15, -0.1) is 0 Å². The number of amides is 1. The van der Waals surface area contributed by atoms with Crippen LogP contribution in [0, 0.1) is 26.7 Å². The van der Waals surface area contributed by atoms with E-state index in [1.54, 1.807) is 26.0 Å². The van der Waals surface area contributed by atoms with Gasteiger partial charge >= 0.3 is 5.97 Å². The number of nitrogens with one attached hydrogen (secondary N) is 4. The standard InChI is InChI=1S/C26H38N6O6S/c1-16-11-17(2)22(18(3)12-16)39(36,37)32-21(24(34)35)15-29-23(33)20-13-26(38-31-20)7-5-19(6-8-26)14-30-25-27-9-4-10-28-25/h11-12,19,21,32H,4-10,13-15H2,1-3H3,(H,29,33)(H,34,35)(H2,27,28,30)/t19?,21-,26?/m0/s1. The van der Waals surface area contributed by atoms with Crippen LogP contribution in [0.1, 0.15) is 55.2 Å². The van der Waals surface area contributed by atoms with Crippen molar-refractivity contribution in [3.05, 3.63) is 28.8 Å².